The highest BCUT2D eigenvalue weighted by Crippen LogP contribution is 2.45. The van der Waals surface area contributed by atoms with Gasteiger partial charge in [-0.15, -0.1) is 0 Å². The van der Waals surface area contributed by atoms with Crippen molar-refractivity contribution in [1.29, 1.82) is 0 Å². The summed E-state index contributed by atoms with van der Waals surface area (Å²) in [6.07, 6.45) is 1.12. The molecule has 7 heteroatoms. The second-order valence-electron chi connectivity index (χ2n) is 7.56. The molecule has 2 atom stereocenters. The molecular formula is C23H22BrNO5. The van der Waals surface area contributed by atoms with Crippen LogP contribution in [0.25, 0.3) is 0 Å². The Morgan fingerprint density at radius 3 is 2.57 bits per heavy atom. The van der Waals surface area contributed by atoms with E-state index >= 15 is 0 Å². The summed E-state index contributed by atoms with van der Waals surface area (Å²) in [5.41, 5.74) is 3.10. The molecule has 0 saturated heterocycles. The van der Waals surface area contributed by atoms with E-state index in [0.29, 0.717) is 34.3 Å². The predicted octanol–water partition coefficient (Wildman–Crippen LogP) is 4.18. The van der Waals surface area contributed by atoms with Crippen LogP contribution in [0.15, 0.2) is 52.1 Å². The van der Waals surface area contributed by atoms with Crippen molar-refractivity contribution in [2.75, 3.05) is 14.2 Å². The lowest BCUT2D eigenvalue weighted by Crippen LogP contribution is -2.38. The maximum atomic E-state index is 13.2. The molecule has 0 saturated carbocycles. The van der Waals surface area contributed by atoms with Crippen molar-refractivity contribution in [3.8, 4) is 17.2 Å². The minimum absolute atomic E-state index is 0.0104. The summed E-state index contributed by atoms with van der Waals surface area (Å²) in [4.78, 5) is 25.7. The number of ether oxygens (including phenoxy) is 2. The molecule has 2 unspecified atom stereocenters. The van der Waals surface area contributed by atoms with Crippen LogP contribution in [-0.4, -0.2) is 31.0 Å². The molecule has 1 amide bonds. The fourth-order valence-electron chi connectivity index (χ4n) is 4.33. The van der Waals surface area contributed by atoms with Crippen molar-refractivity contribution in [2.45, 2.75) is 31.1 Å². The third kappa shape index (κ3) is 3.69. The van der Waals surface area contributed by atoms with Gasteiger partial charge in [0.2, 0.25) is 5.91 Å². The van der Waals surface area contributed by atoms with Crippen LogP contribution in [0.5, 0.6) is 17.2 Å². The number of nitrogens with one attached hydrogen (secondary N) is 1. The molecule has 6 nitrogen and oxygen atoms in total. The zero-order valence-electron chi connectivity index (χ0n) is 16.7. The van der Waals surface area contributed by atoms with Gasteiger partial charge in [0, 0.05) is 30.0 Å². The second kappa shape index (κ2) is 8.14. The number of amides is 1. The first-order valence-electron chi connectivity index (χ1n) is 9.67. The Morgan fingerprint density at radius 1 is 1.03 bits per heavy atom. The Hall–Kier alpha value is -2.80. The number of carbonyl (C=O) groups excluding carboxylic acids is 2. The summed E-state index contributed by atoms with van der Waals surface area (Å²) in [5, 5.41) is 13.0. The summed E-state index contributed by atoms with van der Waals surface area (Å²) in [7, 11) is 3.08. The van der Waals surface area contributed by atoms with Gasteiger partial charge in [0.15, 0.2) is 17.3 Å². The third-order valence-corrected chi connectivity index (χ3v) is 6.38. The number of phenols is 1. The zero-order chi connectivity index (χ0) is 21.4. The van der Waals surface area contributed by atoms with Gasteiger partial charge in [-0.3, -0.25) is 9.59 Å². The lowest BCUT2D eigenvalue weighted by atomic mass is 9.73. The summed E-state index contributed by atoms with van der Waals surface area (Å²) >= 11 is 3.33. The van der Waals surface area contributed by atoms with Crippen molar-refractivity contribution in [2.24, 2.45) is 0 Å². The summed E-state index contributed by atoms with van der Waals surface area (Å²) in [6, 6.07) is 11.1. The predicted molar refractivity (Wildman–Crippen MR) is 115 cm³/mol. The largest absolute Gasteiger partial charge is 0.503 e. The first-order chi connectivity index (χ1) is 14.4. The molecular weight excluding hydrogens is 450 g/mol. The van der Waals surface area contributed by atoms with E-state index in [1.54, 1.807) is 19.2 Å². The van der Waals surface area contributed by atoms with Crippen LogP contribution in [-0.2, 0) is 9.59 Å². The van der Waals surface area contributed by atoms with E-state index in [9.17, 15) is 14.7 Å². The maximum absolute atomic E-state index is 13.2. The van der Waals surface area contributed by atoms with Crippen LogP contribution in [0.4, 0.5) is 0 Å². The van der Waals surface area contributed by atoms with Gasteiger partial charge in [0.25, 0.3) is 0 Å². The number of methoxy groups -OCH3 is 2. The monoisotopic (exact) mass is 471 g/mol. The number of hydrogen-bond donors (Lipinski definition) is 2. The first kappa shape index (κ1) is 20.5. The number of carbonyl (C=O) groups is 2. The Balaban J connectivity index is 1.73. The van der Waals surface area contributed by atoms with Gasteiger partial charge >= 0.3 is 0 Å². The van der Waals surface area contributed by atoms with Gasteiger partial charge in [-0.2, -0.15) is 0 Å². The molecule has 2 aromatic rings. The molecule has 1 aliphatic carbocycles. The van der Waals surface area contributed by atoms with Crippen LogP contribution in [0.3, 0.4) is 0 Å². The lowest BCUT2D eigenvalue weighted by molar-refractivity contribution is -0.122. The number of phenolic OH excluding ortho intramolecular Hbond substituents is 1. The number of rotatable bonds is 4. The van der Waals surface area contributed by atoms with Crippen molar-refractivity contribution in [3.05, 3.63) is 63.3 Å². The number of halogens is 1. The Labute approximate surface area is 183 Å². The molecule has 2 aromatic carbocycles. The molecule has 2 aliphatic rings. The standard InChI is InChI=1S/C23H22BrNO5/c1-29-15-5-3-4-12(6-15)13-8-18-22(19(26)9-13)16(11-21(27)25-18)14-7-17(24)23(28)20(10-14)30-2/h3-7,10,13,16,28H,8-9,11H2,1-2H3,(H,25,27). The van der Waals surface area contributed by atoms with Crippen molar-refractivity contribution >= 4 is 27.6 Å². The number of allylic oxidation sites excluding steroid dienone is 2. The van der Waals surface area contributed by atoms with E-state index in [1.165, 1.54) is 7.11 Å². The molecule has 0 radical (unpaired) electrons. The average molecular weight is 472 g/mol. The number of benzene rings is 2. The summed E-state index contributed by atoms with van der Waals surface area (Å²) < 4.78 is 11.0. The SMILES string of the molecule is COc1cccc(C2CC(=O)C3=C(C2)NC(=O)CC3c2cc(Br)c(O)c(OC)c2)c1. The smallest absolute Gasteiger partial charge is 0.225 e. The molecule has 0 fully saturated rings. The van der Waals surface area contributed by atoms with Gasteiger partial charge in [0.1, 0.15) is 5.75 Å². The first-order valence-corrected chi connectivity index (χ1v) is 10.5. The Bertz CT molecular complexity index is 1060. The highest BCUT2D eigenvalue weighted by atomic mass is 79.9. The lowest BCUT2D eigenvalue weighted by Gasteiger charge is -2.34. The van der Waals surface area contributed by atoms with Crippen LogP contribution in [0, 0.1) is 0 Å². The number of hydrogen-bond acceptors (Lipinski definition) is 5. The van der Waals surface area contributed by atoms with E-state index in [1.807, 2.05) is 24.3 Å². The molecule has 4 rings (SSSR count). The molecule has 0 aromatic heterocycles. The molecule has 2 N–H and O–H groups in total. The minimum atomic E-state index is -0.377. The highest BCUT2D eigenvalue weighted by Gasteiger charge is 2.38. The summed E-state index contributed by atoms with van der Waals surface area (Å²) in [5.74, 6) is 0.531. The third-order valence-electron chi connectivity index (χ3n) is 5.77. The maximum Gasteiger partial charge on any atom is 0.225 e. The van der Waals surface area contributed by atoms with Gasteiger partial charge in [0.05, 0.1) is 18.7 Å². The van der Waals surface area contributed by atoms with Gasteiger partial charge in [-0.05, 0) is 63.7 Å². The number of ketones is 1. The van der Waals surface area contributed by atoms with Crippen LogP contribution in [0.1, 0.15) is 42.2 Å². The van der Waals surface area contributed by atoms with Crippen molar-refractivity contribution < 1.29 is 24.2 Å². The minimum Gasteiger partial charge on any atom is -0.503 e. The van der Waals surface area contributed by atoms with Crippen molar-refractivity contribution in [1.82, 2.24) is 5.32 Å². The van der Waals surface area contributed by atoms with Crippen LogP contribution >= 0.6 is 15.9 Å². The topological polar surface area (TPSA) is 84.9 Å². The normalized spacial score (nSPS) is 21.2. The molecule has 1 heterocycles. The van der Waals surface area contributed by atoms with Gasteiger partial charge in [-0.25, -0.2) is 0 Å². The summed E-state index contributed by atoms with van der Waals surface area (Å²) in [6.45, 7) is 0. The quantitative estimate of drug-likeness (QED) is 0.698. The Morgan fingerprint density at radius 2 is 1.83 bits per heavy atom. The van der Waals surface area contributed by atoms with E-state index < -0.39 is 0 Å². The van der Waals surface area contributed by atoms with E-state index in [-0.39, 0.29) is 35.7 Å². The van der Waals surface area contributed by atoms with E-state index in [4.69, 9.17) is 9.47 Å². The van der Waals surface area contributed by atoms with Crippen LogP contribution < -0.4 is 14.8 Å². The van der Waals surface area contributed by atoms with Crippen LogP contribution in [0.2, 0.25) is 0 Å². The van der Waals surface area contributed by atoms with Gasteiger partial charge < -0.3 is 19.9 Å². The fraction of sp³-hybridized carbons (Fsp3) is 0.304. The molecule has 156 valence electrons. The number of Topliss-reactive ketones (excluding diaryl/α,β-unsaturated/α-hetero) is 1. The zero-order valence-corrected chi connectivity index (χ0v) is 18.3. The molecule has 0 spiro atoms. The fourth-order valence-corrected chi connectivity index (χ4v) is 4.79. The highest BCUT2D eigenvalue weighted by molar-refractivity contribution is 9.10. The second-order valence-corrected chi connectivity index (χ2v) is 8.41. The Kier molecular flexibility index (Phi) is 5.56. The number of aromatic hydroxyl groups is 1. The molecule has 1 aliphatic heterocycles. The molecule has 30 heavy (non-hydrogen) atoms. The van der Waals surface area contributed by atoms with E-state index in [0.717, 1.165) is 16.9 Å². The molecule has 0 bridgehead atoms. The average Bonchev–Trinajstić information content (AvgIpc) is 2.74. The van der Waals surface area contributed by atoms with E-state index in [2.05, 4.69) is 21.2 Å². The van der Waals surface area contributed by atoms with Crippen molar-refractivity contribution in [3.63, 3.8) is 0 Å². The van der Waals surface area contributed by atoms with Gasteiger partial charge in [-0.1, -0.05) is 12.1 Å².